The maximum absolute atomic E-state index is 15.0. The second-order valence-electron chi connectivity index (χ2n) is 9.69. The molecule has 1 aliphatic rings. The summed E-state index contributed by atoms with van der Waals surface area (Å²) in [6.07, 6.45) is 11.6. The summed E-state index contributed by atoms with van der Waals surface area (Å²) < 4.78 is 20.2. The SMILES string of the molecule is C=CCCC1CCC(c2ccc(-c3ccc(-c4ccc(CCCOC)cc4)c(F)c3)cc2)CC1. The lowest BCUT2D eigenvalue weighted by Crippen LogP contribution is -2.13. The van der Waals surface area contributed by atoms with E-state index in [1.807, 2.05) is 30.3 Å². The lowest BCUT2D eigenvalue weighted by Gasteiger charge is -2.28. The zero-order valence-electron chi connectivity index (χ0n) is 20.4. The Kier molecular flexibility index (Phi) is 8.71. The molecule has 1 aliphatic carbocycles. The smallest absolute Gasteiger partial charge is 0.131 e. The Hall–Kier alpha value is -2.71. The Bertz CT molecular complexity index is 1040. The number of methoxy groups -OCH3 is 1. The number of benzene rings is 3. The number of ether oxygens (including phenoxy) is 1. The van der Waals surface area contributed by atoms with Crippen LogP contribution in [-0.4, -0.2) is 13.7 Å². The van der Waals surface area contributed by atoms with Crippen molar-refractivity contribution in [2.45, 2.75) is 57.3 Å². The number of halogens is 1. The molecule has 0 aromatic heterocycles. The van der Waals surface area contributed by atoms with Crippen molar-refractivity contribution in [2.24, 2.45) is 5.92 Å². The van der Waals surface area contributed by atoms with E-state index in [4.69, 9.17) is 4.74 Å². The van der Waals surface area contributed by atoms with Crippen LogP contribution < -0.4 is 0 Å². The maximum Gasteiger partial charge on any atom is 0.131 e. The van der Waals surface area contributed by atoms with Crippen LogP contribution in [0.2, 0.25) is 0 Å². The molecular weight excluding hydrogens is 419 g/mol. The summed E-state index contributed by atoms with van der Waals surface area (Å²) in [4.78, 5) is 0. The Morgan fingerprint density at radius 3 is 2.21 bits per heavy atom. The summed E-state index contributed by atoms with van der Waals surface area (Å²) in [5.74, 6) is 1.35. The van der Waals surface area contributed by atoms with Gasteiger partial charge in [-0.05, 0) is 97.1 Å². The standard InChI is InChI=1S/C32H37FO/c1-3-4-6-24-8-12-26(13-9-24)27-16-18-28(19-17-27)30-20-21-31(32(33)23-30)29-14-10-25(11-15-29)7-5-22-34-2/h3,10-11,14-21,23-24,26H,1,4-9,12-13,22H2,2H3. The molecule has 0 spiro atoms. The monoisotopic (exact) mass is 456 g/mol. The predicted octanol–water partition coefficient (Wildman–Crippen LogP) is 8.98. The van der Waals surface area contributed by atoms with E-state index < -0.39 is 0 Å². The van der Waals surface area contributed by atoms with Gasteiger partial charge in [0.25, 0.3) is 0 Å². The first-order chi connectivity index (χ1) is 16.7. The molecule has 0 atom stereocenters. The maximum atomic E-state index is 15.0. The van der Waals surface area contributed by atoms with Crippen LogP contribution in [0.15, 0.2) is 79.4 Å². The van der Waals surface area contributed by atoms with Gasteiger partial charge in [0.2, 0.25) is 0 Å². The first-order valence-electron chi connectivity index (χ1n) is 12.8. The van der Waals surface area contributed by atoms with Crippen molar-refractivity contribution in [1.29, 1.82) is 0 Å². The second-order valence-corrected chi connectivity index (χ2v) is 9.69. The van der Waals surface area contributed by atoms with Gasteiger partial charge in [-0.1, -0.05) is 66.7 Å². The molecular formula is C32H37FO. The molecule has 0 unspecified atom stereocenters. The quantitative estimate of drug-likeness (QED) is 0.218. The minimum atomic E-state index is -0.174. The Morgan fingerprint density at radius 2 is 1.56 bits per heavy atom. The van der Waals surface area contributed by atoms with E-state index in [0.29, 0.717) is 11.5 Å². The minimum absolute atomic E-state index is 0.174. The highest BCUT2D eigenvalue weighted by Gasteiger charge is 2.22. The molecule has 4 rings (SSSR count). The topological polar surface area (TPSA) is 9.23 Å². The Labute approximate surface area is 204 Å². The van der Waals surface area contributed by atoms with E-state index in [1.165, 1.54) is 43.2 Å². The summed E-state index contributed by atoms with van der Waals surface area (Å²) >= 11 is 0. The molecule has 0 amide bonds. The zero-order chi connectivity index (χ0) is 23.8. The zero-order valence-corrected chi connectivity index (χ0v) is 20.4. The molecule has 0 N–H and O–H groups in total. The summed E-state index contributed by atoms with van der Waals surface area (Å²) in [5, 5.41) is 0. The third-order valence-electron chi connectivity index (χ3n) is 7.39. The Morgan fingerprint density at radius 1 is 0.882 bits per heavy atom. The largest absolute Gasteiger partial charge is 0.385 e. The van der Waals surface area contributed by atoms with E-state index >= 15 is 4.39 Å². The highest BCUT2D eigenvalue weighted by Crippen LogP contribution is 2.38. The average Bonchev–Trinajstić information content (AvgIpc) is 2.88. The highest BCUT2D eigenvalue weighted by atomic mass is 19.1. The van der Waals surface area contributed by atoms with E-state index in [0.717, 1.165) is 48.5 Å². The van der Waals surface area contributed by atoms with E-state index in [1.54, 1.807) is 13.2 Å². The van der Waals surface area contributed by atoms with Crippen molar-refractivity contribution < 1.29 is 9.13 Å². The molecule has 1 nitrogen and oxygen atoms in total. The molecule has 0 bridgehead atoms. The van der Waals surface area contributed by atoms with Gasteiger partial charge in [-0.15, -0.1) is 6.58 Å². The normalized spacial score (nSPS) is 18.1. The van der Waals surface area contributed by atoms with Crippen molar-refractivity contribution in [1.82, 2.24) is 0 Å². The lowest BCUT2D eigenvalue weighted by atomic mass is 9.77. The molecule has 1 saturated carbocycles. The van der Waals surface area contributed by atoms with Crippen LogP contribution in [0, 0.1) is 11.7 Å². The first-order valence-corrected chi connectivity index (χ1v) is 12.8. The summed E-state index contributed by atoms with van der Waals surface area (Å²) in [7, 11) is 1.72. The molecule has 1 fully saturated rings. The summed E-state index contributed by atoms with van der Waals surface area (Å²) in [6, 6.07) is 22.6. The minimum Gasteiger partial charge on any atom is -0.385 e. The third kappa shape index (κ3) is 6.24. The Balaban J connectivity index is 1.39. The van der Waals surface area contributed by atoms with Crippen LogP contribution in [0.4, 0.5) is 4.39 Å². The van der Waals surface area contributed by atoms with Gasteiger partial charge in [0.05, 0.1) is 0 Å². The van der Waals surface area contributed by atoms with Gasteiger partial charge in [0.1, 0.15) is 5.82 Å². The number of rotatable bonds is 10. The van der Waals surface area contributed by atoms with Crippen molar-refractivity contribution in [3.63, 3.8) is 0 Å². The molecule has 3 aromatic carbocycles. The predicted molar refractivity (Wildman–Crippen MR) is 142 cm³/mol. The first kappa shape index (κ1) is 24.4. The van der Waals surface area contributed by atoms with Gasteiger partial charge in [-0.3, -0.25) is 0 Å². The molecule has 0 heterocycles. The fourth-order valence-corrected chi connectivity index (χ4v) is 5.29. The van der Waals surface area contributed by atoms with Crippen molar-refractivity contribution in [2.75, 3.05) is 13.7 Å². The third-order valence-corrected chi connectivity index (χ3v) is 7.39. The average molecular weight is 457 g/mol. The molecule has 0 saturated heterocycles. The fourth-order valence-electron chi connectivity index (χ4n) is 5.29. The van der Waals surface area contributed by atoms with E-state index in [9.17, 15) is 0 Å². The molecule has 2 heteroatoms. The molecule has 34 heavy (non-hydrogen) atoms. The van der Waals surface area contributed by atoms with Gasteiger partial charge in [0, 0.05) is 19.3 Å². The van der Waals surface area contributed by atoms with Crippen LogP contribution in [-0.2, 0) is 11.2 Å². The summed E-state index contributed by atoms with van der Waals surface area (Å²) in [5.41, 5.74) is 6.24. The van der Waals surface area contributed by atoms with Crippen molar-refractivity contribution in [3.05, 3.63) is 96.3 Å². The van der Waals surface area contributed by atoms with Gasteiger partial charge >= 0.3 is 0 Å². The van der Waals surface area contributed by atoms with Crippen LogP contribution in [0.25, 0.3) is 22.3 Å². The number of allylic oxidation sites excluding steroid dienone is 1. The number of hydrogen-bond acceptors (Lipinski definition) is 1. The van der Waals surface area contributed by atoms with Gasteiger partial charge in [-0.25, -0.2) is 4.39 Å². The van der Waals surface area contributed by atoms with Crippen LogP contribution in [0.5, 0.6) is 0 Å². The van der Waals surface area contributed by atoms with Gasteiger partial charge < -0.3 is 4.74 Å². The highest BCUT2D eigenvalue weighted by molar-refractivity contribution is 5.71. The lowest BCUT2D eigenvalue weighted by molar-refractivity contribution is 0.195. The van der Waals surface area contributed by atoms with Crippen molar-refractivity contribution >= 4 is 0 Å². The van der Waals surface area contributed by atoms with Crippen LogP contribution in [0.1, 0.15) is 62.0 Å². The summed E-state index contributed by atoms with van der Waals surface area (Å²) in [6.45, 7) is 4.61. The molecule has 0 radical (unpaired) electrons. The molecule has 178 valence electrons. The molecule has 0 aliphatic heterocycles. The van der Waals surface area contributed by atoms with Gasteiger partial charge in [-0.2, -0.15) is 0 Å². The number of aryl methyl sites for hydroxylation is 1. The van der Waals surface area contributed by atoms with E-state index in [2.05, 4.69) is 43.0 Å². The van der Waals surface area contributed by atoms with Crippen LogP contribution >= 0.6 is 0 Å². The van der Waals surface area contributed by atoms with E-state index in [-0.39, 0.29) is 5.82 Å². The van der Waals surface area contributed by atoms with Crippen molar-refractivity contribution in [3.8, 4) is 22.3 Å². The fraction of sp³-hybridized carbons (Fsp3) is 0.375. The second kappa shape index (κ2) is 12.1. The molecule has 3 aromatic rings. The van der Waals surface area contributed by atoms with Crippen LogP contribution in [0.3, 0.4) is 0 Å². The van der Waals surface area contributed by atoms with Gasteiger partial charge in [0.15, 0.2) is 0 Å². The number of hydrogen-bond donors (Lipinski definition) is 0.